The Morgan fingerprint density at radius 2 is 2.35 bits per heavy atom. The largest absolute Gasteiger partial charge is 0.338 e. The first kappa shape index (κ1) is 12.0. The molecule has 1 aliphatic rings. The van der Waals surface area contributed by atoms with Gasteiger partial charge >= 0.3 is 0 Å². The minimum Gasteiger partial charge on any atom is -0.338 e. The summed E-state index contributed by atoms with van der Waals surface area (Å²) in [7, 11) is 0. The molecule has 2 N–H and O–H groups in total. The van der Waals surface area contributed by atoms with E-state index < -0.39 is 0 Å². The predicted molar refractivity (Wildman–Crippen MR) is 66.3 cm³/mol. The maximum Gasteiger partial charge on any atom is 0.228 e. The highest BCUT2D eigenvalue weighted by Crippen LogP contribution is 2.17. The predicted octanol–water partition coefficient (Wildman–Crippen LogP) is 0.964. The third-order valence-electron chi connectivity index (χ3n) is 3.28. The Kier molecular flexibility index (Phi) is 4.09. The number of pyridine rings is 1. The quantitative estimate of drug-likeness (QED) is 0.846. The van der Waals surface area contributed by atoms with Crippen molar-refractivity contribution in [3.8, 4) is 0 Å². The van der Waals surface area contributed by atoms with E-state index in [9.17, 15) is 4.79 Å². The van der Waals surface area contributed by atoms with Crippen molar-refractivity contribution in [1.82, 2.24) is 9.88 Å². The second kappa shape index (κ2) is 5.77. The van der Waals surface area contributed by atoms with Gasteiger partial charge in [-0.3, -0.25) is 9.78 Å². The molecule has 1 saturated heterocycles. The number of nitrogens with two attached hydrogens (primary N) is 1. The van der Waals surface area contributed by atoms with Gasteiger partial charge in [-0.05, 0) is 31.4 Å². The SMILES string of the molecule is NCC1CCCCN1C(=O)Cc1ccccn1. The molecule has 1 aliphatic heterocycles. The van der Waals surface area contributed by atoms with Crippen molar-refractivity contribution in [1.29, 1.82) is 0 Å². The molecule has 4 nitrogen and oxygen atoms in total. The molecule has 1 fully saturated rings. The van der Waals surface area contributed by atoms with E-state index in [2.05, 4.69) is 4.98 Å². The van der Waals surface area contributed by atoms with Gasteiger partial charge in [-0.1, -0.05) is 6.07 Å². The molecule has 2 rings (SSSR count). The Labute approximate surface area is 102 Å². The van der Waals surface area contributed by atoms with Crippen molar-refractivity contribution >= 4 is 5.91 Å². The molecular formula is C13H19N3O. The highest BCUT2D eigenvalue weighted by atomic mass is 16.2. The van der Waals surface area contributed by atoms with Gasteiger partial charge in [-0.15, -0.1) is 0 Å². The molecular weight excluding hydrogens is 214 g/mol. The fraction of sp³-hybridized carbons (Fsp3) is 0.538. The monoisotopic (exact) mass is 233 g/mol. The van der Waals surface area contributed by atoms with Crippen molar-refractivity contribution in [2.24, 2.45) is 5.73 Å². The van der Waals surface area contributed by atoms with Gasteiger partial charge in [-0.25, -0.2) is 0 Å². The van der Waals surface area contributed by atoms with Crippen LogP contribution in [0.1, 0.15) is 25.0 Å². The second-order valence-electron chi connectivity index (χ2n) is 4.47. The van der Waals surface area contributed by atoms with Crippen LogP contribution < -0.4 is 5.73 Å². The Morgan fingerprint density at radius 1 is 1.47 bits per heavy atom. The van der Waals surface area contributed by atoms with Gasteiger partial charge in [0.15, 0.2) is 0 Å². The van der Waals surface area contributed by atoms with Crippen LogP contribution in [0.2, 0.25) is 0 Å². The lowest BCUT2D eigenvalue weighted by atomic mass is 10.0. The molecule has 0 bridgehead atoms. The van der Waals surface area contributed by atoms with Crippen molar-refractivity contribution in [2.45, 2.75) is 31.7 Å². The van der Waals surface area contributed by atoms with Crippen molar-refractivity contribution in [3.63, 3.8) is 0 Å². The topological polar surface area (TPSA) is 59.2 Å². The van der Waals surface area contributed by atoms with Crippen molar-refractivity contribution in [2.75, 3.05) is 13.1 Å². The third-order valence-corrected chi connectivity index (χ3v) is 3.28. The second-order valence-corrected chi connectivity index (χ2v) is 4.47. The number of aromatic nitrogens is 1. The molecule has 1 aromatic heterocycles. The van der Waals surface area contributed by atoms with Gasteiger partial charge in [0, 0.05) is 31.0 Å². The van der Waals surface area contributed by atoms with Crippen LogP contribution in [-0.4, -0.2) is 34.9 Å². The number of likely N-dealkylation sites (tertiary alicyclic amines) is 1. The van der Waals surface area contributed by atoms with Crippen LogP contribution in [0.5, 0.6) is 0 Å². The average Bonchev–Trinajstić information content (AvgIpc) is 2.40. The Balaban J connectivity index is 1.99. The molecule has 0 spiro atoms. The highest BCUT2D eigenvalue weighted by Gasteiger charge is 2.25. The summed E-state index contributed by atoms with van der Waals surface area (Å²) in [6.07, 6.45) is 5.40. The molecule has 0 radical (unpaired) electrons. The number of rotatable bonds is 3. The lowest BCUT2D eigenvalue weighted by Crippen LogP contribution is -2.48. The number of nitrogens with zero attached hydrogens (tertiary/aromatic N) is 2. The van der Waals surface area contributed by atoms with E-state index in [0.29, 0.717) is 13.0 Å². The summed E-state index contributed by atoms with van der Waals surface area (Å²) >= 11 is 0. The maximum absolute atomic E-state index is 12.2. The zero-order chi connectivity index (χ0) is 12.1. The average molecular weight is 233 g/mol. The third kappa shape index (κ3) is 3.03. The summed E-state index contributed by atoms with van der Waals surface area (Å²) in [4.78, 5) is 18.3. The van der Waals surface area contributed by atoms with Crippen molar-refractivity contribution < 1.29 is 4.79 Å². The van der Waals surface area contributed by atoms with Gasteiger partial charge in [-0.2, -0.15) is 0 Å². The minimum atomic E-state index is 0.152. The Morgan fingerprint density at radius 3 is 3.06 bits per heavy atom. The van der Waals surface area contributed by atoms with E-state index in [0.717, 1.165) is 25.1 Å². The Hall–Kier alpha value is -1.42. The molecule has 1 amide bonds. The zero-order valence-corrected chi connectivity index (χ0v) is 10.0. The normalized spacial score (nSPS) is 20.3. The summed E-state index contributed by atoms with van der Waals surface area (Å²) in [6.45, 7) is 1.40. The number of hydrogen-bond acceptors (Lipinski definition) is 3. The van der Waals surface area contributed by atoms with Gasteiger partial charge < -0.3 is 10.6 Å². The molecule has 0 aromatic carbocycles. The summed E-state index contributed by atoms with van der Waals surface area (Å²) in [5.74, 6) is 0.152. The summed E-state index contributed by atoms with van der Waals surface area (Å²) in [5.41, 5.74) is 6.55. The van der Waals surface area contributed by atoms with Crippen LogP contribution in [0, 0.1) is 0 Å². The lowest BCUT2D eigenvalue weighted by Gasteiger charge is -2.35. The van der Waals surface area contributed by atoms with E-state index in [1.165, 1.54) is 6.42 Å². The number of amides is 1. The summed E-state index contributed by atoms with van der Waals surface area (Å²) in [6, 6.07) is 5.88. The first-order valence-electron chi connectivity index (χ1n) is 6.20. The maximum atomic E-state index is 12.2. The molecule has 92 valence electrons. The fourth-order valence-corrected chi connectivity index (χ4v) is 2.33. The Bertz CT molecular complexity index is 366. The minimum absolute atomic E-state index is 0.152. The summed E-state index contributed by atoms with van der Waals surface area (Å²) < 4.78 is 0. The molecule has 1 unspecified atom stereocenters. The summed E-state index contributed by atoms with van der Waals surface area (Å²) in [5, 5.41) is 0. The molecule has 17 heavy (non-hydrogen) atoms. The molecule has 0 saturated carbocycles. The number of carbonyl (C=O) groups excluding carboxylic acids is 1. The van der Waals surface area contributed by atoms with Crippen LogP contribution >= 0.6 is 0 Å². The van der Waals surface area contributed by atoms with Crippen molar-refractivity contribution in [3.05, 3.63) is 30.1 Å². The van der Waals surface area contributed by atoms with E-state index in [-0.39, 0.29) is 11.9 Å². The lowest BCUT2D eigenvalue weighted by molar-refractivity contribution is -0.133. The van der Waals surface area contributed by atoms with Crippen LogP contribution in [0.25, 0.3) is 0 Å². The molecule has 2 heterocycles. The van der Waals surface area contributed by atoms with Crippen LogP contribution in [0.15, 0.2) is 24.4 Å². The van der Waals surface area contributed by atoms with Crippen LogP contribution in [-0.2, 0) is 11.2 Å². The first-order chi connectivity index (χ1) is 8.31. The molecule has 0 aliphatic carbocycles. The van der Waals surface area contributed by atoms with Gasteiger partial charge in [0.2, 0.25) is 5.91 Å². The van der Waals surface area contributed by atoms with E-state index in [4.69, 9.17) is 5.73 Å². The van der Waals surface area contributed by atoms with Gasteiger partial charge in [0.1, 0.15) is 0 Å². The fourth-order valence-electron chi connectivity index (χ4n) is 2.33. The van der Waals surface area contributed by atoms with Gasteiger partial charge in [0.25, 0.3) is 0 Å². The highest BCUT2D eigenvalue weighted by molar-refractivity contribution is 5.78. The smallest absolute Gasteiger partial charge is 0.228 e. The number of hydrogen-bond donors (Lipinski definition) is 1. The van der Waals surface area contributed by atoms with Crippen LogP contribution in [0.4, 0.5) is 0 Å². The van der Waals surface area contributed by atoms with E-state index in [1.807, 2.05) is 23.1 Å². The van der Waals surface area contributed by atoms with E-state index in [1.54, 1.807) is 6.20 Å². The first-order valence-corrected chi connectivity index (χ1v) is 6.20. The number of piperidine rings is 1. The molecule has 1 atom stereocenters. The number of carbonyl (C=O) groups is 1. The molecule has 4 heteroatoms. The van der Waals surface area contributed by atoms with Crippen LogP contribution in [0.3, 0.4) is 0 Å². The zero-order valence-electron chi connectivity index (χ0n) is 10.0. The van der Waals surface area contributed by atoms with E-state index >= 15 is 0 Å². The standard InChI is InChI=1S/C13H19N3O/c14-10-12-6-2-4-8-16(12)13(17)9-11-5-1-3-7-15-11/h1,3,5,7,12H,2,4,6,8-10,14H2. The van der Waals surface area contributed by atoms with Gasteiger partial charge in [0.05, 0.1) is 6.42 Å². The molecule has 1 aromatic rings.